The topological polar surface area (TPSA) is 50.8 Å². The second-order valence-corrected chi connectivity index (χ2v) is 7.41. The summed E-state index contributed by atoms with van der Waals surface area (Å²) in [5.41, 5.74) is 1.30. The van der Waals surface area contributed by atoms with Gasteiger partial charge in [0.25, 0.3) is 0 Å². The standard InChI is InChI=1S/C22H19F5N2O3/c23-15-2-3-18(14-1-4-19(30)28-20(14)15)31-11-12-5-7-29(8-6-12)21-16(24)9-13(10-17(21)25)32-22(26)27/h2-3,5,9-10,22H,1,4,6-8,11H2,(H,28,30). The summed E-state index contributed by atoms with van der Waals surface area (Å²) in [5, 5.41) is 2.52. The number of hydrogen-bond donors (Lipinski definition) is 1. The zero-order chi connectivity index (χ0) is 22.8. The van der Waals surface area contributed by atoms with E-state index in [1.165, 1.54) is 17.0 Å². The Morgan fingerprint density at radius 2 is 1.78 bits per heavy atom. The Bertz CT molecular complexity index is 1050. The van der Waals surface area contributed by atoms with Crippen molar-refractivity contribution in [3.05, 3.63) is 58.9 Å². The zero-order valence-corrected chi connectivity index (χ0v) is 16.8. The average Bonchev–Trinajstić information content (AvgIpc) is 2.73. The number of amides is 1. The fraction of sp³-hybridized carbons (Fsp3) is 0.318. The number of hydrogen-bond acceptors (Lipinski definition) is 4. The van der Waals surface area contributed by atoms with Crippen molar-refractivity contribution in [3.8, 4) is 11.5 Å². The first kappa shape index (κ1) is 21.9. The molecule has 0 saturated heterocycles. The number of alkyl halides is 2. The minimum atomic E-state index is -3.18. The number of benzene rings is 2. The van der Waals surface area contributed by atoms with Crippen LogP contribution in [-0.4, -0.2) is 32.2 Å². The Kier molecular flexibility index (Phi) is 6.20. The van der Waals surface area contributed by atoms with Gasteiger partial charge in [-0.2, -0.15) is 8.78 Å². The predicted octanol–water partition coefficient (Wildman–Crippen LogP) is 4.81. The van der Waals surface area contributed by atoms with Gasteiger partial charge in [0.15, 0.2) is 11.6 Å². The lowest BCUT2D eigenvalue weighted by Crippen LogP contribution is -2.31. The van der Waals surface area contributed by atoms with Gasteiger partial charge in [-0.3, -0.25) is 4.79 Å². The zero-order valence-electron chi connectivity index (χ0n) is 16.8. The lowest BCUT2D eigenvalue weighted by molar-refractivity contribution is -0.116. The first-order valence-electron chi connectivity index (χ1n) is 9.92. The summed E-state index contributed by atoms with van der Waals surface area (Å²) >= 11 is 0. The molecule has 2 aromatic rings. The van der Waals surface area contributed by atoms with Crippen molar-refractivity contribution >= 4 is 17.3 Å². The van der Waals surface area contributed by atoms with Crippen LogP contribution in [0.25, 0.3) is 0 Å². The summed E-state index contributed by atoms with van der Waals surface area (Å²) in [5.74, 6) is -2.88. The van der Waals surface area contributed by atoms with Gasteiger partial charge < -0.3 is 19.7 Å². The van der Waals surface area contributed by atoms with E-state index in [2.05, 4.69) is 10.1 Å². The van der Waals surface area contributed by atoms with Gasteiger partial charge in [-0.05, 0) is 30.5 Å². The molecular formula is C22H19F5N2O3. The summed E-state index contributed by atoms with van der Waals surface area (Å²) in [4.78, 5) is 13.0. The lowest BCUT2D eigenvalue weighted by atomic mass is 10.0. The number of anilines is 2. The largest absolute Gasteiger partial charge is 0.489 e. The fourth-order valence-corrected chi connectivity index (χ4v) is 3.79. The van der Waals surface area contributed by atoms with Crippen LogP contribution in [0.1, 0.15) is 18.4 Å². The van der Waals surface area contributed by atoms with Crippen molar-refractivity contribution in [3.63, 3.8) is 0 Å². The monoisotopic (exact) mass is 454 g/mol. The number of nitrogens with one attached hydrogen (secondary N) is 1. The molecule has 0 radical (unpaired) electrons. The van der Waals surface area contributed by atoms with E-state index < -0.39 is 29.8 Å². The summed E-state index contributed by atoms with van der Waals surface area (Å²) in [6.07, 6.45) is 2.83. The third-order valence-corrected chi connectivity index (χ3v) is 5.33. The van der Waals surface area contributed by atoms with Gasteiger partial charge in [0, 0.05) is 37.2 Å². The number of rotatable bonds is 6. The van der Waals surface area contributed by atoms with Crippen LogP contribution < -0.4 is 19.7 Å². The number of nitrogens with zero attached hydrogens (tertiary/aromatic N) is 1. The van der Waals surface area contributed by atoms with E-state index in [1.54, 1.807) is 6.08 Å². The van der Waals surface area contributed by atoms with Gasteiger partial charge in [0.05, 0.1) is 5.69 Å². The fourth-order valence-electron chi connectivity index (χ4n) is 3.79. The molecule has 4 rings (SSSR count). The molecular weight excluding hydrogens is 435 g/mol. The molecule has 0 fully saturated rings. The highest BCUT2D eigenvalue weighted by atomic mass is 19.3. The van der Waals surface area contributed by atoms with E-state index in [0.29, 0.717) is 24.2 Å². The Morgan fingerprint density at radius 1 is 1.03 bits per heavy atom. The van der Waals surface area contributed by atoms with Crippen molar-refractivity contribution in [1.29, 1.82) is 0 Å². The van der Waals surface area contributed by atoms with Gasteiger partial charge in [0.2, 0.25) is 5.91 Å². The third-order valence-electron chi connectivity index (χ3n) is 5.33. The molecule has 0 atom stereocenters. The molecule has 1 amide bonds. The van der Waals surface area contributed by atoms with Crippen molar-refractivity contribution in [2.45, 2.75) is 25.9 Å². The molecule has 2 aromatic carbocycles. The number of halogens is 5. The third kappa shape index (κ3) is 4.63. The van der Waals surface area contributed by atoms with Crippen LogP contribution >= 0.6 is 0 Å². The van der Waals surface area contributed by atoms with Crippen molar-refractivity contribution < 1.29 is 36.2 Å². The summed E-state index contributed by atoms with van der Waals surface area (Å²) in [7, 11) is 0. The summed E-state index contributed by atoms with van der Waals surface area (Å²) < 4.78 is 77.1. The maximum atomic E-state index is 14.3. The number of ether oxygens (including phenoxy) is 2. The highest BCUT2D eigenvalue weighted by molar-refractivity contribution is 5.94. The molecule has 0 spiro atoms. The molecule has 2 aliphatic heterocycles. The molecule has 0 unspecified atom stereocenters. The van der Waals surface area contributed by atoms with Crippen LogP contribution in [0.15, 0.2) is 35.9 Å². The van der Waals surface area contributed by atoms with Crippen LogP contribution in [0.5, 0.6) is 11.5 Å². The first-order valence-corrected chi connectivity index (χ1v) is 9.92. The van der Waals surface area contributed by atoms with Crippen LogP contribution in [0.4, 0.5) is 33.3 Å². The number of carbonyl (C=O) groups excluding carboxylic acids is 1. The molecule has 0 saturated carbocycles. The molecule has 0 bridgehead atoms. The molecule has 10 heteroatoms. The number of fused-ring (bicyclic) bond motifs is 1. The Balaban J connectivity index is 1.42. The minimum Gasteiger partial charge on any atom is -0.489 e. The first-order chi connectivity index (χ1) is 15.3. The van der Waals surface area contributed by atoms with E-state index in [4.69, 9.17) is 4.74 Å². The van der Waals surface area contributed by atoms with E-state index in [0.717, 1.165) is 17.7 Å². The SMILES string of the molecule is O=C1CCc2c(OCC3=CCN(c4c(F)cc(OC(F)F)cc4F)CC3)ccc(F)c2N1. The smallest absolute Gasteiger partial charge is 0.387 e. The maximum Gasteiger partial charge on any atom is 0.387 e. The summed E-state index contributed by atoms with van der Waals surface area (Å²) in [6.45, 7) is -2.50. The highest BCUT2D eigenvalue weighted by Crippen LogP contribution is 2.34. The van der Waals surface area contributed by atoms with Crippen LogP contribution in [0.2, 0.25) is 0 Å². The normalized spacial score (nSPS) is 15.9. The summed E-state index contributed by atoms with van der Waals surface area (Å²) in [6, 6.07) is 4.19. The molecule has 0 aromatic heterocycles. The molecule has 1 N–H and O–H groups in total. The quantitative estimate of drug-likeness (QED) is 0.503. The van der Waals surface area contributed by atoms with E-state index in [-0.39, 0.29) is 43.4 Å². The van der Waals surface area contributed by atoms with E-state index in [1.807, 2.05) is 0 Å². The van der Waals surface area contributed by atoms with Gasteiger partial charge in [-0.15, -0.1) is 0 Å². The van der Waals surface area contributed by atoms with Gasteiger partial charge in [-0.25, -0.2) is 13.2 Å². The van der Waals surface area contributed by atoms with Crippen LogP contribution in [0.3, 0.4) is 0 Å². The molecule has 32 heavy (non-hydrogen) atoms. The van der Waals surface area contributed by atoms with Crippen molar-refractivity contribution in [2.24, 2.45) is 0 Å². The van der Waals surface area contributed by atoms with Gasteiger partial charge >= 0.3 is 6.61 Å². The molecule has 5 nitrogen and oxygen atoms in total. The molecule has 170 valence electrons. The predicted molar refractivity (Wildman–Crippen MR) is 107 cm³/mol. The van der Waals surface area contributed by atoms with E-state index in [9.17, 15) is 26.7 Å². The van der Waals surface area contributed by atoms with Crippen LogP contribution in [-0.2, 0) is 11.2 Å². The second-order valence-electron chi connectivity index (χ2n) is 7.41. The van der Waals surface area contributed by atoms with E-state index >= 15 is 0 Å². The molecule has 2 aliphatic rings. The lowest BCUT2D eigenvalue weighted by Gasteiger charge is -2.29. The Hall–Kier alpha value is -3.30. The average molecular weight is 454 g/mol. The minimum absolute atomic E-state index is 0.132. The molecule has 2 heterocycles. The molecule has 0 aliphatic carbocycles. The Morgan fingerprint density at radius 3 is 2.44 bits per heavy atom. The van der Waals surface area contributed by atoms with Crippen molar-refractivity contribution in [1.82, 2.24) is 0 Å². The van der Waals surface area contributed by atoms with Gasteiger partial charge in [-0.1, -0.05) is 6.08 Å². The highest BCUT2D eigenvalue weighted by Gasteiger charge is 2.24. The van der Waals surface area contributed by atoms with Gasteiger partial charge in [0.1, 0.15) is 29.6 Å². The second kappa shape index (κ2) is 9.05. The van der Waals surface area contributed by atoms with Crippen LogP contribution in [0, 0.1) is 17.5 Å². The maximum absolute atomic E-state index is 14.3. The van der Waals surface area contributed by atoms with Crippen molar-refractivity contribution in [2.75, 3.05) is 29.9 Å². The Labute approximate surface area is 180 Å². The number of carbonyl (C=O) groups is 1.